The van der Waals surface area contributed by atoms with Crippen molar-refractivity contribution >= 4 is 29.2 Å². The van der Waals surface area contributed by atoms with E-state index in [1.54, 1.807) is 30.3 Å². The summed E-state index contributed by atoms with van der Waals surface area (Å²) in [5.41, 5.74) is 1.72. The first kappa shape index (κ1) is 17.1. The van der Waals surface area contributed by atoms with E-state index in [0.29, 0.717) is 35.4 Å². The Labute approximate surface area is 149 Å². The second-order valence-corrected chi connectivity index (χ2v) is 5.88. The van der Waals surface area contributed by atoms with Crippen LogP contribution in [0.3, 0.4) is 0 Å². The van der Waals surface area contributed by atoms with Gasteiger partial charge in [-0.05, 0) is 42.8 Å². The molecule has 0 unspecified atom stereocenters. The van der Waals surface area contributed by atoms with Crippen molar-refractivity contribution in [2.45, 2.75) is 6.92 Å². The van der Waals surface area contributed by atoms with Crippen molar-refractivity contribution in [2.75, 3.05) is 25.1 Å². The fourth-order valence-corrected chi connectivity index (χ4v) is 2.47. The van der Waals surface area contributed by atoms with Crippen LogP contribution in [-0.2, 0) is 9.53 Å². The van der Waals surface area contributed by atoms with Crippen molar-refractivity contribution in [3.8, 4) is 11.5 Å². The van der Waals surface area contributed by atoms with E-state index in [0.717, 1.165) is 5.56 Å². The van der Waals surface area contributed by atoms with E-state index in [1.807, 2.05) is 6.92 Å². The molecule has 1 aliphatic heterocycles. The van der Waals surface area contributed by atoms with E-state index in [-0.39, 0.29) is 5.56 Å². The number of anilines is 1. The van der Waals surface area contributed by atoms with Gasteiger partial charge >= 0.3 is 5.97 Å². The highest BCUT2D eigenvalue weighted by molar-refractivity contribution is 6.31. The van der Waals surface area contributed by atoms with Crippen LogP contribution in [0.4, 0.5) is 5.69 Å². The Morgan fingerprint density at radius 2 is 1.88 bits per heavy atom. The number of nitrogens with one attached hydrogen (secondary N) is 1. The molecule has 7 heteroatoms. The fraction of sp³-hybridized carbons (Fsp3) is 0.222. The van der Waals surface area contributed by atoms with Gasteiger partial charge in [-0.25, -0.2) is 4.79 Å². The summed E-state index contributed by atoms with van der Waals surface area (Å²) in [5, 5.41) is 3.17. The van der Waals surface area contributed by atoms with Gasteiger partial charge in [0.1, 0.15) is 13.2 Å². The SMILES string of the molecule is Cc1ccc(Cl)cc1NC(=O)COC(=O)c1ccc2c(c1)OCCO2. The molecule has 0 fully saturated rings. The van der Waals surface area contributed by atoms with Crippen LogP contribution in [0.2, 0.25) is 5.02 Å². The Kier molecular flexibility index (Phi) is 5.09. The third-order valence-corrected chi connectivity index (χ3v) is 3.82. The lowest BCUT2D eigenvalue weighted by Gasteiger charge is -2.18. The van der Waals surface area contributed by atoms with Gasteiger partial charge in [-0.1, -0.05) is 17.7 Å². The zero-order valence-corrected chi connectivity index (χ0v) is 14.3. The summed E-state index contributed by atoms with van der Waals surface area (Å²) in [6, 6.07) is 9.90. The molecule has 0 radical (unpaired) electrons. The molecule has 0 aromatic heterocycles. The number of halogens is 1. The maximum atomic E-state index is 12.1. The standard InChI is InChI=1S/C18H16ClNO5/c1-11-2-4-13(19)9-14(11)20-17(21)10-25-18(22)12-3-5-15-16(8-12)24-7-6-23-15/h2-5,8-9H,6-7,10H2,1H3,(H,20,21). The van der Waals surface area contributed by atoms with Crippen LogP contribution >= 0.6 is 11.6 Å². The molecule has 2 aromatic rings. The number of aryl methyl sites for hydroxylation is 1. The number of esters is 1. The van der Waals surface area contributed by atoms with E-state index >= 15 is 0 Å². The Bertz CT molecular complexity index is 821. The van der Waals surface area contributed by atoms with Gasteiger partial charge in [0.2, 0.25) is 0 Å². The summed E-state index contributed by atoms with van der Waals surface area (Å²) < 4.78 is 15.9. The summed E-state index contributed by atoms with van der Waals surface area (Å²) >= 11 is 5.91. The zero-order valence-electron chi connectivity index (χ0n) is 13.5. The lowest BCUT2D eigenvalue weighted by molar-refractivity contribution is -0.119. The van der Waals surface area contributed by atoms with Crippen LogP contribution < -0.4 is 14.8 Å². The molecule has 0 saturated heterocycles. The number of amides is 1. The Balaban J connectivity index is 1.58. The van der Waals surface area contributed by atoms with Gasteiger partial charge in [0.25, 0.3) is 5.91 Å². The predicted octanol–water partition coefficient (Wildman–Crippen LogP) is 3.22. The van der Waals surface area contributed by atoms with Crippen molar-refractivity contribution in [3.05, 3.63) is 52.5 Å². The molecule has 1 amide bonds. The number of rotatable bonds is 4. The van der Waals surface area contributed by atoms with E-state index in [1.165, 1.54) is 6.07 Å². The summed E-state index contributed by atoms with van der Waals surface area (Å²) in [5.74, 6) is 0.00266. The molecule has 0 aliphatic carbocycles. The minimum absolute atomic E-state index is 0.288. The lowest BCUT2D eigenvalue weighted by Crippen LogP contribution is -2.21. The number of hydrogen-bond acceptors (Lipinski definition) is 5. The number of fused-ring (bicyclic) bond motifs is 1. The van der Waals surface area contributed by atoms with Gasteiger partial charge in [0.15, 0.2) is 18.1 Å². The maximum Gasteiger partial charge on any atom is 0.338 e. The van der Waals surface area contributed by atoms with Crippen molar-refractivity contribution in [1.29, 1.82) is 0 Å². The van der Waals surface area contributed by atoms with Gasteiger partial charge < -0.3 is 19.5 Å². The topological polar surface area (TPSA) is 73.9 Å². The molecular weight excluding hydrogens is 346 g/mol. The van der Waals surface area contributed by atoms with Crippen LogP contribution in [0.5, 0.6) is 11.5 Å². The number of benzene rings is 2. The first-order valence-electron chi connectivity index (χ1n) is 7.66. The van der Waals surface area contributed by atoms with Crippen LogP contribution in [0, 0.1) is 6.92 Å². The Hall–Kier alpha value is -2.73. The summed E-state index contributed by atoms with van der Waals surface area (Å²) in [7, 11) is 0. The number of hydrogen-bond donors (Lipinski definition) is 1. The van der Waals surface area contributed by atoms with Crippen molar-refractivity contribution in [1.82, 2.24) is 0 Å². The lowest BCUT2D eigenvalue weighted by atomic mass is 10.2. The largest absolute Gasteiger partial charge is 0.486 e. The van der Waals surface area contributed by atoms with Gasteiger partial charge in [-0.3, -0.25) is 4.79 Å². The van der Waals surface area contributed by atoms with Crippen LogP contribution in [0.1, 0.15) is 15.9 Å². The molecular formula is C18H16ClNO5. The number of ether oxygens (including phenoxy) is 3. The fourth-order valence-electron chi connectivity index (χ4n) is 2.30. The van der Waals surface area contributed by atoms with E-state index in [4.69, 9.17) is 25.8 Å². The molecule has 1 aliphatic rings. The Morgan fingerprint density at radius 1 is 1.12 bits per heavy atom. The van der Waals surface area contributed by atoms with Gasteiger partial charge in [0, 0.05) is 10.7 Å². The minimum atomic E-state index is -0.616. The molecule has 1 N–H and O–H groups in total. The summed E-state index contributed by atoms with van der Waals surface area (Å²) in [6.45, 7) is 2.33. The normalized spacial score (nSPS) is 12.4. The first-order valence-corrected chi connectivity index (χ1v) is 8.03. The molecule has 0 atom stereocenters. The van der Waals surface area contributed by atoms with E-state index < -0.39 is 18.5 Å². The zero-order chi connectivity index (χ0) is 17.8. The number of carbonyl (C=O) groups is 2. The maximum absolute atomic E-state index is 12.1. The average molecular weight is 362 g/mol. The smallest absolute Gasteiger partial charge is 0.338 e. The molecule has 1 heterocycles. The highest BCUT2D eigenvalue weighted by Gasteiger charge is 2.17. The molecule has 2 aromatic carbocycles. The first-order chi connectivity index (χ1) is 12.0. The highest BCUT2D eigenvalue weighted by atomic mass is 35.5. The van der Waals surface area contributed by atoms with Crippen molar-refractivity contribution in [2.24, 2.45) is 0 Å². The van der Waals surface area contributed by atoms with E-state index in [2.05, 4.69) is 5.32 Å². The predicted molar refractivity (Wildman–Crippen MR) is 92.5 cm³/mol. The van der Waals surface area contributed by atoms with Gasteiger partial charge in [0.05, 0.1) is 5.56 Å². The molecule has 130 valence electrons. The molecule has 0 bridgehead atoms. The highest BCUT2D eigenvalue weighted by Crippen LogP contribution is 2.30. The molecule has 6 nitrogen and oxygen atoms in total. The van der Waals surface area contributed by atoms with Gasteiger partial charge in [-0.2, -0.15) is 0 Å². The second-order valence-electron chi connectivity index (χ2n) is 5.44. The molecule has 3 rings (SSSR count). The van der Waals surface area contributed by atoms with Crippen LogP contribution in [-0.4, -0.2) is 31.7 Å². The number of carbonyl (C=O) groups excluding carboxylic acids is 2. The Morgan fingerprint density at radius 3 is 2.68 bits per heavy atom. The van der Waals surface area contributed by atoms with Crippen LogP contribution in [0.15, 0.2) is 36.4 Å². The summed E-state index contributed by atoms with van der Waals surface area (Å²) in [6.07, 6.45) is 0. The van der Waals surface area contributed by atoms with Crippen molar-refractivity contribution in [3.63, 3.8) is 0 Å². The summed E-state index contributed by atoms with van der Waals surface area (Å²) in [4.78, 5) is 24.1. The van der Waals surface area contributed by atoms with Crippen molar-refractivity contribution < 1.29 is 23.8 Å². The average Bonchev–Trinajstić information content (AvgIpc) is 2.62. The molecule has 25 heavy (non-hydrogen) atoms. The third-order valence-electron chi connectivity index (χ3n) is 3.59. The molecule has 0 spiro atoms. The van der Waals surface area contributed by atoms with Crippen LogP contribution in [0.25, 0.3) is 0 Å². The van der Waals surface area contributed by atoms with Gasteiger partial charge in [-0.15, -0.1) is 0 Å². The monoisotopic (exact) mass is 361 g/mol. The third kappa shape index (κ3) is 4.22. The second kappa shape index (κ2) is 7.44. The minimum Gasteiger partial charge on any atom is -0.486 e. The molecule has 0 saturated carbocycles. The quantitative estimate of drug-likeness (QED) is 0.846. The van der Waals surface area contributed by atoms with E-state index in [9.17, 15) is 9.59 Å².